The number of nitro groups is 2. The highest BCUT2D eigenvalue weighted by Gasteiger charge is 2.28. The van der Waals surface area contributed by atoms with E-state index < -0.39 is 9.85 Å². The van der Waals surface area contributed by atoms with Gasteiger partial charge in [-0.1, -0.05) is 0 Å². The lowest BCUT2D eigenvalue weighted by Gasteiger charge is -2.07. The van der Waals surface area contributed by atoms with Crippen LogP contribution in [0, 0.1) is 26.1 Å². The van der Waals surface area contributed by atoms with E-state index in [1.807, 2.05) is 0 Å². The number of nitro benzene ring substituents is 2. The number of carbonyl (C=O) groups excluding carboxylic acids is 1. The maximum Gasteiger partial charge on any atom is 0.279 e. The fraction of sp³-hybridized carbons (Fsp3) is 0.364. The summed E-state index contributed by atoms with van der Waals surface area (Å²) in [5.41, 5.74) is -0.238. The van der Waals surface area contributed by atoms with E-state index in [1.54, 1.807) is 0 Å². The summed E-state index contributed by atoms with van der Waals surface area (Å²) in [6, 6.07) is 3.54. The number of hydrogen-bond donors (Lipinski definition) is 0. The maximum absolute atomic E-state index is 11.5. The third-order valence-electron chi connectivity index (χ3n) is 2.96. The summed E-state index contributed by atoms with van der Waals surface area (Å²) in [6.45, 7) is 0. The molecular weight excluding hydrogens is 272 g/mol. The zero-order chi connectivity index (χ0) is 14.0. The van der Waals surface area contributed by atoms with E-state index in [0.29, 0.717) is 17.1 Å². The average molecular weight is 282 g/mol. The van der Waals surface area contributed by atoms with Gasteiger partial charge in [-0.05, 0) is 12.5 Å². The number of benzene rings is 1. The summed E-state index contributed by atoms with van der Waals surface area (Å²) in [7, 11) is 0. The smallest absolute Gasteiger partial charge is 0.279 e. The molecule has 0 bridgehead atoms. The standard InChI is InChI=1S/C11H10N2O5S/c14-11-6-19-5-8(11)3-7-1-2-9(12(15)16)4-10(7)13(17)18/h1-2,4,8H,3,5-6H2. The molecule has 1 aliphatic heterocycles. The van der Waals surface area contributed by atoms with Crippen LogP contribution in [0.4, 0.5) is 11.4 Å². The Labute approximate surface area is 112 Å². The molecular formula is C11H10N2O5S. The van der Waals surface area contributed by atoms with Crippen LogP contribution < -0.4 is 0 Å². The van der Waals surface area contributed by atoms with E-state index in [-0.39, 0.29) is 29.5 Å². The van der Waals surface area contributed by atoms with Crippen molar-refractivity contribution in [3.05, 3.63) is 44.0 Å². The Morgan fingerprint density at radius 3 is 2.53 bits per heavy atom. The minimum atomic E-state index is -0.673. The summed E-state index contributed by atoms with van der Waals surface area (Å²) in [5, 5.41) is 21.6. The predicted octanol–water partition coefficient (Wildman–Crippen LogP) is 1.98. The summed E-state index contributed by atoms with van der Waals surface area (Å²) in [5.74, 6) is 0.932. The second-order valence-electron chi connectivity index (χ2n) is 4.21. The van der Waals surface area contributed by atoms with Gasteiger partial charge in [0.2, 0.25) is 0 Å². The van der Waals surface area contributed by atoms with Gasteiger partial charge < -0.3 is 0 Å². The van der Waals surface area contributed by atoms with Crippen molar-refractivity contribution >= 4 is 28.9 Å². The first-order chi connectivity index (χ1) is 8.99. The SMILES string of the molecule is O=C1CSCC1Cc1ccc([N+](=O)[O-])cc1[N+](=O)[O-]. The molecule has 8 heteroatoms. The van der Waals surface area contributed by atoms with Gasteiger partial charge >= 0.3 is 0 Å². The zero-order valence-corrected chi connectivity index (χ0v) is 10.6. The second-order valence-corrected chi connectivity index (χ2v) is 5.24. The molecule has 2 rings (SSSR count). The first kappa shape index (κ1) is 13.5. The van der Waals surface area contributed by atoms with Gasteiger partial charge in [0.1, 0.15) is 5.78 Å². The molecule has 1 heterocycles. The number of ketones is 1. The highest BCUT2D eigenvalue weighted by Crippen LogP contribution is 2.30. The van der Waals surface area contributed by atoms with Gasteiger partial charge in [0.05, 0.1) is 21.7 Å². The summed E-state index contributed by atoms with van der Waals surface area (Å²) in [4.78, 5) is 31.8. The van der Waals surface area contributed by atoms with Crippen LogP contribution in [0.3, 0.4) is 0 Å². The number of Topliss-reactive ketones (excluding diaryl/α,β-unsaturated/α-hetero) is 1. The van der Waals surface area contributed by atoms with E-state index in [2.05, 4.69) is 0 Å². The molecule has 1 fully saturated rings. The first-order valence-corrected chi connectivity index (χ1v) is 6.66. The Morgan fingerprint density at radius 1 is 1.26 bits per heavy atom. The lowest BCUT2D eigenvalue weighted by Crippen LogP contribution is -2.15. The van der Waals surface area contributed by atoms with Crippen LogP contribution in [0.1, 0.15) is 5.56 Å². The third-order valence-corrected chi connectivity index (χ3v) is 4.09. The molecule has 7 nitrogen and oxygen atoms in total. The lowest BCUT2D eigenvalue weighted by molar-refractivity contribution is -0.394. The van der Waals surface area contributed by atoms with Crippen molar-refractivity contribution in [1.29, 1.82) is 0 Å². The Kier molecular flexibility index (Phi) is 3.79. The van der Waals surface area contributed by atoms with Crippen molar-refractivity contribution in [3.8, 4) is 0 Å². The van der Waals surface area contributed by atoms with E-state index in [1.165, 1.54) is 23.9 Å². The number of thioether (sulfide) groups is 1. The fourth-order valence-electron chi connectivity index (χ4n) is 1.96. The van der Waals surface area contributed by atoms with Crippen LogP contribution in [0.5, 0.6) is 0 Å². The largest absolute Gasteiger partial charge is 0.298 e. The summed E-state index contributed by atoms with van der Waals surface area (Å²) >= 11 is 1.50. The lowest BCUT2D eigenvalue weighted by atomic mass is 9.96. The molecule has 1 aromatic carbocycles. The van der Waals surface area contributed by atoms with Crippen LogP contribution in [0.25, 0.3) is 0 Å². The number of hydrogen-bond acceptors (Lipinski definition) is 6. The van der Waals surface area contributed by atoms with Gasteiger partial charge in [0.15, 0.2) is 0 Å². The molecule has 1 unspecified atom stereocenters. The zero-order valence-electron chi connectivity index (χ0n) is 9.77. The number of carbonyl (C=O) groups is 1. The van der Waals surface area contributed by atoms with Crippen molar-refractivity contribution in [2.75, 3.05) is 11.5 Å². The minimum Gasteiger partial charge on any atom is -0.298 e. The van der Waals surface area contributed by atoms with Gasteiger partial charge in [-0.15, -0.1) is 0 Å². The van der Waals surface area contributed by atoms with Crippen LogP contribution in [0.15, 0.2) is 18.2 Å². The summed E-state index contributed by atoms with van der Waals surface area (Å²) in [6.07, 6.45) is 0.264. The molecule has 0 aliphatic carbocycles. The monoisotopic (exact) mass is 282 g/mol. The molecule has 19 heavy (non-hydrogen) atoms. The van der Waals surface area contributed by atoms with Crippen molar-refractivity contribution in [2.24, 2.45) is 5.92 Å². The van der Waals surface area contributed by atoms with Crippen molar-refractivity contribution in [2.45, 2.75) is 6.42 Å². The van der Waals surface area contributed by atoms with Gasteiger partial charge in [-0.25, -0.2) is 0 Å². The van der Waals surface area contributed by atoms with Gasteiger partial charge in [0, 0.05) is 23.3 Å². The Hall–Kier alpha value is -1.96. The molecule has 0 amide bonds. The molecule has 0 radical (unpaired) electrons. The Bertz CT molecular complexity index is 560. The topological polar surface area (TPSA) is 103 Å². The van der Waals surface area contributed by atoms with E-state index in [9.17, 15) is 25.0 Å². The maximum atomic E-state index is 11.5. The van der Waals surface area contributed by atoms with Crippen molar-refractivity contribution in [1.82, 2.24) is 0 Å². The normalized spacial score (nSPS) is 18.5. The molecule has 1 aliphatic rings. The van der Waals surface area contributed by atoms with Gasteiger partial charge in [-0.2, -0.15) is 11.8 Å². The van der Waals surface area contributed by atoms with Crippen molar-refractivity contribution in [3.63, 3.8) is 0 Å². The molecule has 0 spiro atoms. The quantitative estimate of drug-likeness (QED) is 0.617. The molecule has 0 aromatic heterocycles. The Morgan fingerprint density at radius 2 is 2.00 bits per heavy atom. The van der Waals surface area contributed by atoms with Crippen LogP contribution in [0.2, 0.25) is 0 Å². The average Bonchev–Trinajstić information content (AvgIpc) is 2.75. The highest BCUT2D eigenvalue weighted by molar-refractivity contribution is 8.00. The molecule has 1 saturated heterocycles. The Balaban J connectivity index is 2.31. The van der Waals surface area contributed by atoms with Crippen LogP contribution in [-0.4, -0.2) is 27.1 Å². The molecule has 0 saturated carbocycles. The van der Waals surface area contributed by atoms with E-state index in [0.717, 1.165) is 6.07 Å². The van der Waals surface area contributed by atoms with Crippen molar-refractivity contribution < 1.29 is 14.6 Å². The fourth-order valence-corrected chi connectivity index (χ4v) is 3.10. The number of non-ortho nitro benzene ring substituents is 1. The predicted molar refractivity (Wildman–Crippen MR) is 69.3 cm³/mol. The molecule has 1 aromatic rings. The molecule has 1 atom stereocenters. The minimum absolute atomic E-state index is 0.0812. The van der Waals surface area contributed by atoms with Gasteiger partial charge in [0.25, 0.3) is 11.4 Å². The number of nitrogens with zero attached hydrogens (tertiary/aromatic N) is 2. The third kappa shape index (κ3) is 2.90. The van der Waals surface area contributed by atoms with E-state index >= 15 is 0 Å². The van der Waals surface area contributed by atoms with E-state index in [4.69, 9.17) is 0 Å². The van der Waals surface area contributed by atoms with Crippen LogP contribution >= 0.6 is 11.8 Å². The molecule has 100 valence electrons. The first-order valence-electron chi connectivity index (χ1n) is 5.51. The molecule has 0 N–H and O–H groups in total. The number of rotatable bonds is 4. The highest BCUT2D eigenvalue weighted by atomic mass is 32.2. The van der Waals surface area contributed by atoms with Crippen LogP contribution in [-0.2, 0) is 11.2 Å². The second kappa shape index (κ2) is 5.35. The summed E-state index contributed by atoms with van der Waals surface area (Å²) < 4.78 is 0. The van der Waals surface area contributed by atoms with Gasteiger partial charge in [-0.3, -0.25) is 25.0 Å².